The molecule has 1 aliphatic heterocycles. The van der Waals surface area contributed by atoms with Gasteiger partial charge in [-0.2, -0.15) is 0 Å². The molecule has 9 nitrogen and oxygen atoms in total. The third kappa shape index (κ3) is 3.96. The Bertz CT molecular complexity index is 1030. The van der Waals surface area contributed by atoms with Crippen molar-refractivity contribution in [3.63, 3.8) is 0 Å². The maximum atomic E-state index is 12.1. The van der Waals surface area contributed by atoms with Crippen LogP contribution < -0.4 is 5.32 Å². The predicted molar refractivity (Wildman–Crippen MR) is 99.0 cm³/mol. The van der Waals surface area contributed by atoms with Crippen LogP contribution in [0.1, 0.15) is 15.9 Å². The van der Waals surface area contributed by atoms with Gasteiger partial charge in [-0.15, -0.1) is 0 Å². The number of para-hydroxylation sites is 1. The third-order valence-electron chi connectivity index (χ3n) is 3.51. The Kier molecular flexibility index (Phi) is 4.90. The number of aromatic carboxylic acids is 1. The first-order valence-electron chi connectivity index (χ1n) is 7.44. The lowest BCUT2D eigenvalue weighted by Crippen LogP contribution is -2.19. The molecule has 3 rings (SSSR count). The maximum Gasteiger partial charge on any atom is 0.339 e. The van der Waals surface area contributed by atoms with Crippen molar-refractivity contribution in [1.29, 1.82) is 0 Å². The monoisotopic (exact) mass is 385 g/mol. The fourth-order valence-electron chi connectivity index (χ4n) is 2.29. The van der Waals surface area contributed by atoms with Crippen molar-refractivity contribution < 1.29 is 24.7 Å². The zero-order valence-electron chi connectivity index (χ0n) is 13.4. The van der Waals surface area contributed by atoms with E-state index < -0.39 is 22.5 Å². The van der Waals surface area contributed by atoms with E-state index in [0.717, 1.165) is 17.8 Å². The number of nitrogens with zero attached hydrogens (tertiary/aromatic N) is 2. The van der Waals surface area contributed by atoms with E-state index in [1.54, 1.807) is 6.07 Å². The lowest BCUT2D eigenvalue weighted by molar-refractivity contribution is -0.385. The molecule has 0 bridgehead atoms. The van der Waals surface area contributed by atoms with Crippen molar-refractivity contribution in [2.75, 3.05) is 0 Å². The number of nitrogens with one attached hydrogen (secondary N) is 1. The molecule has 0 saturated carbocycles. The highest BCUT2D eigenvalue weighted by Crippen LogP contribution is 2.31. The number of carboxylic acid groups (broad SMARTS) is 1. The number of thioether (sulfide) groups is 1. The van der Waals surface area contributed by atoms with E-state index in [1.807, 2.05) is 0 Å². The number of hydrogen-bond acceptors (Lipinski definition) is 7. The van der Waals surface area contributed by atoms with Crippen molar-refractivity contribution >= 4 is 46.3 Å². The van der Waals surface area contributed by atoms with Gasteiger partial charge in [0.25, 0.3) is 11.6 Å². The summed E-state index contributed by atoms with van der Waals surface area (Å²) in [7, 11) is 0. The molecular weight excluding hydrogens is 374 g/mol. The van der Waals surface area contributed by atoms with Gasteiger partial charge in [-0.25, -0.2) is 9.79 Å². The lowest BCUT2D eigenvalue weighted by atomic mass is 10.1. The first kappa shape index (κ1) is 18.1. The van der Waals surface area contributed by atoms with Crippen LogP contribution in [0, 0.1) is 10.1 Å². The summed E-state index contributed by atoms with van der Waals surface area (Å²) in [5, 5.41) is 32.4. The molecule has 0 aromatic heterocycles. The molecule has 0 spiro atoms. The second kappa shape index (κ2) is 7.30. The molecule has 1 heterocycles. The van der Waals surface area contributed by atoms with Crippen molar-refractivity contribution in [3.05, 3.63) is 68.6 Å². The molecule has 27 heavy (non-hydrogen) atoms. The van der Waals surface area contributed by atoms with Crippen LogP contribution in [0.15, 0.2) is 52.4 Å². The van der Waals surface area contributed by atoms with Crippen LogP contribution in [0.4, 0.5) is 11.4 Å². The number of amidine groups is 1. The number of amides is 1. The number of benzene rings is 2. The van der Waals surface area contributed by atoms with E-state index in [-0.39, 0.29) is 32.6 Å². The molecule has 0 aliphatic carbocycles. The van der Waals surface area contributed by atoms with Crippen LogP contribution in [0.3, 0.4) is 0 Å². The van der Waals surface area contributed by atoms with E-state index in [4.69, 9.17) is 5.11 Å². The van der Waals surface area contributed by atoms with E-state index in [9.17, 15) is 24.8 Å². The van der Waals surface area contributed by atoms with Crippen LogP contribution in [0.25, 0.3) is 6.08 Å². The quantitative estimate of drug-likeness (QED) is 0.417. The van der Waals surface area contributed by atoms with Crippen LogP contribution in [-0.4, -0.2) is 32.2 Å². The molecule has 0 atom stereocenters. The highest BCUT2D eigenvalue weighted by molar-refractivity contribution is 8.18. The number of aliphatic imine (C=N–C) groups is 1. The van der Waals surface area contributed by atoms with Gasteiger partial charge in [0, 0.05) is 12.1 Å². The van der Waals surface area contributed by atoms with Gasteiger partial charge in [0.1, 0.15) is 11.3 Å². The highest BCUT2D eigenvalue weighted by atomic mass is 32.2. The second-order valence-corrected chi connectivity index (χ2v) is 6.33. The number of carboxylic acids is 1. The lowest BCUT2D eigenvalue weighted by Gasteiger charge is -2.01. The summed E-state index contributed by atoms with van der Waals surface area (Å²) in [5.41, 5.74) is 0.133. The van der Waals surface area contributed by atoms with E-state index in [0.29, 0.717) is 0 Å². The largest absolute Gasteiger partial charge is 0.507 e. The molecule has 2 aromatic carbocycles. The molecule has 10 heteroatoms. The molecular formula is C17H11N3O6S. The van der Waals surface area contributed by atoms with Crippen LogP contribution in [0.5, 0.6) is 5.75 Å². The number of nitro benzene ring substituents is 1. The summed E-state index contributed by atoms with van der Waals surface area (Å²) in [6.07, 6.45) is 1.39. The smallest absolute Gasteiger partial charge is 0.339 e. The first-order chi connectivity index (χ1) is 12.8. The van der Waals surface area contributed by atoms with Gasteiger partial charge in [-0.3, -0.25) is 14.9 Å². The minimum Gasteiger partial charge on any atom is -0.507 e. The fourth-order valence-corrected chi connectivity index (χ4v) is 3.12. The predicted octanol–water partition coefficient (Wildman–Crippen LogP) is 2.89. The normalized spacial score (nSPS) is 16.5. The number of nitro groups is 1. The van der Waals surface area contributed by atoms with Gasteiger partial charge >= 0.3 is 5.97 Å². The number of phenols is 1. The highest BCUT2D eigenvalue weighted by Gasteiger charge is 2.25. The number of carbonyl (C=O) groups is 2. The average Bonchev–Trinajstić information content (AvgIpc) is 2.94. The Morgan fingerprint density at radius 2 is 2.00 bits per heavy atom. The number of hydrogen-bond donors (Lipinski definition) is 3. The van der Waals surface area contributed by atoms with Gasteiger partial charge in [0.2, 0.25) is 0 Å². The van der Waals surface area contributed by atoms with Gasteiger partial charge in [0.15, 0.2) is 5.17 Å². The Balaban J connectivity index is 1.88. The number of aromatic hydroxyl groups is 1. The van der Waals surface area contributed by atoms with Gasteiger partial charge < -0.3 is 15.5 Å². The first-order valence-corrected chi connectivity index (χ1v) is 8.26. The van der Waals surface area contributed by atoms with Crippen molar-refractivity contribution in [2.24, 2.45) is 4.99 Å². The summed E-state index contributed by atoms with van der Waals surface area (Å²) in [6, 6.07) is 9.76. The van der Waals surface area contributed by atoms with Gasteiger partial charge in [0.05, 0.1) is 21.1 Å². The molecule has 1 saturated heterocycles. The Labute approximate surface area is 156 Å². The summed E-state index contributed by atoms with van der Waals surface area (Å²) in [5.74, 6) is -2.19. The molecule has 1 fully saturated rings. The SMILES string of the molecule is O=C1NC(=Nc2ccc(C(=O)O)c(O)c2)S/C1=C\c1ccccc1[N+](=O)[O-]. The van der Waals surface area contributed by atoms with Crippen LogP contribution >= 0.6 is 11.8 Å². The van der Waals surface area contributed by atoms with Crippen molar-refractivity contribution in [3.8, 4) is 5.75 Å². The van der Waals surface area contributed by atoms with Crippen molar-refractivity contribution in [2.45, 2.75) is 0 Å². The minimum absolute atomic E-state index is 0.127. The van der Waals surface area contributed by atoms with Crippen LogP contribution in [-0.2, 0) is 4.79 Å². The van der Waals surface area contributed by atoms with E-state index in [1.165, 1.54) is 36.4 Å². The second-order valence-electron chi connectivity index (χ2n) is 5.30. The topological polar surface area (TPSA) is 142 Å². The molecule has 2 aromatic rings. The molecule has 1 amide bonds. The maximum absolute atomic E-state index is 12.1. The van der Waals surface area contributed by atoms with Gasteiger partial charge in [-0.05, 0) is 36.0 Å². The number of rotatable bonds is 4. The molecule has 136 valence electrons. The Morgan fingerprint density at radius 3 is 2.67 bits per heavy atom. The zero-order chi connectivity index (χ0) is 19.6. The fraction of sp³-hybridized carbons (Fsp3) is 0. The molecule has 1 aliphatic rings. The number of carbonyl (C=O) groups excluding carboxylic acids is 1. The van der Waals surface area contributed by atoms with Crippen molar-refractivity contribution in [1.82, 2.24) is 5.32 Å². The molecule has 0 radical (unpaired) electrons. The molecule has 0 unspecified atom stereocenters. The third-order valence-corrected chi connectivity index (χ3v) is 4.42. The standard InChI is InChI=1S/C17H11N3O6S/c21-13-8-10(5-6-11(13)16(23)24)18-17-19-15(22)14(27-17)7-9-3-1-2-4-12(9)20(25)26/h1-8,21H,(H,23,24)(H,18,19,22)/b14-7-. The van der Waals surface area contributed by atoms with E-state index in [2.05, 4.69) is 10.3 Å². The average molecular weight is 385 g/mol. The summed E-state index contributed by atoms with van der Waals surface area (Å²) in [4.78, 5) is 37.9. The van der Waals surface area contributed by atoms with Crippen LogP contribution in [0.2, 0.25) is 0 Å². The molecule has 3 N–H and O–H groups in total. The summed E-state index contributed by atoms with van der Waals surface area (Å²) < 4.78 is 0. The Morgan fingerprint density at radius 1 is 1.26 bits per heavy atom. The summed E-state index contributed by atoms with van der Waals surface area (Å²) >= 11 is 0.975. The van der Waals surface area contributed by atoms with Gasteiger partial charge in [-0.1, -0.05) is 12.1 Å². The van der Waals surface area contributed by atoms with E-state index >= 15 is 0 Å². The Hall–Kier alpha value is -3.66. The minimum atomic E-state index is -1.27. The summed E-state index contributed by atoms with van der Waals surface area (Å²) in [6.45, 7) is 0. The zero-order valence-corrected chi connectivity index (χ0v) is 14.3.